The Morgan fingerprint density at radius 1 is 1.50 bits per heavy atom. The van der Waals surface area contributed by atoms with E-state index in [1.807, 2.05) is 20.0 Å². The highest BCUT2D eigenvalue weighted by atomic mass is 32.1. The highest BCUT2D eigenvalue weighted by molar-refractivity contribution is 7.11. The van der Waals surface area contributed by atoms with Crippen molar-refractivity contribution in [3.63, 3.8) is 0 Å². The maximum Gasteiger partial charge on any atom is 0.115 e. The van der Waals surface area contributed by atoms with E-state index in [0.29, 0.717) is 6.54 Å². The molecule has 0 aliphatic carbocycles. The number of aryl methyl sites for hydroxylation is 2. The second kappa shape index (κ2) is 4.31. The molecule has 0 aliphatic heterocycles. The van der Waals surface area contributed by atoms with Gasteiger partial charge in [0.1, 0.15) is 5.01 Å². The molecule has 6 heteroatoms. The van der Waals surface area contributed by atoms with E-state index < -0.39 is 0 Å². The first-order valence-electron chi connectivity index (χ1n) is 5.15. The predicted molar refractivity (Wildman–Crippen MR) is 63.3 cm³/mol. The van der Waals surface area contributed by atoms with Crippen LogP contribution in [0.15, 0.2) is 6.20 Å². The number of nitrogens with zero attached hydrogens (tertiary/aromatic N) is 4. The monoisotopic (exact) mass is 237 g/mol. The Bertz CT molecular complexity index is 466. The number of rotatable bonds is 3. The summed E-state index contributed by atoms with van der Waals surface area (Å²) in [5.41, 5.74) is 7.62. The third-order valence-corrected chi connectivity index (χ3v) is 3.45. The van der Waals surface area contributed by atoms with Gasteiger partial charge in [0, 0.05) is 10.9 Å². The van der Waals surface area contributed by atoms with Crippen molar-refractivity contribution in [2.24, 2.45) is 5.73 Å². The molecule has 0 saturated carbocycles. The molecule has 0 saturated heterocycles. The largest absolute Gasteiger partial charge is 0.323 e. The third-order valence-electron chi connectivity index (χ3n) is 2.39. The van der Waals surface area contributed by atoms with E-state index >= 15 is 0 Å². The summed E-state index contributed by atoms with van der Waals surface area (Å²) >= 11 is 1.70. The van der Waals surface area contributed by atoms with E-state index in [1.54, 1.807) is 16.0 Å². The maximum atomic E-state index is 5.72. The summed E-state index contributed by atoms with van der Waals surface area (Å²) in [6, 6.07) is -0.0754. The summed E-state index contributed by atoms with van der Waals surface area (Å²) < 4.78 is 1.77. The van der Waals surface area contributed by atoms with Crippen molar-refractivity contribution in [1.29, 1.82) is 0 Å². The zero-order valence-electron chi connectivity index (χ0n) is 9.64. The molecular formula is C10H15N5S. The summed E-state index contributed by atoms with van der Waals surface area (Å²) in [7, 11) is 0. The van der Waals surface area contributed by atoms with Crippen molar-refractivity contribution in [2.75, 3.05) is 0 Å². The maximum absolute atomic E-state index is 5.72. The normalized spacial score (nSPS) is 13.0. The molecule has 2 aromatic heterocycles. The molecule has 16 heavy (non-hydrogen) atoms. The summed E-state index contributed by atoms with van der Waals surface area (Å²) in [6.45, 7) is 6.65. The minimum absolute atomic E-state index is 0.0754. The Kier molecular flexibility index (Phi) is 3.02. The quantitative estimate of drug-likeness (QED) is 0.876. The molecular weight excluding hydrogens is 222 g/mol. The van der Waals surface area contributed by atoms with E-state index in [2.05, 4.69) is 22.2 Å². The Hall–Kier alpha value is -1.27. The van der Waals surface area contributed by atoms with Crippen LogP contribution < -0.4 is 5.73 Å². The Morgan fingerprint density at radius 2 is 2.25 bits per heavy atom. The fraction of sp³-hybridized carbons (Fsp3) is 0.500. The number of hydrogen-bond acceptors (Lipinski definition) is 5. The second-order valence-electron chi connectivity index (χ2n) is 3.88. The van der Waals surface area contributed by atoms with Gasteiger partial charge in [-0.3, -0.25) is 0 Å². The molecule has 0 radical (unpaired) electrons. The van der Waals surface area contributed by atoms with Crippen LogP contribution in [0.25, 0.3) is 0 Å². The summed E-state index contributed by atoms with van der Waals surface area (Å²) in [6.07, 6.45) is 1.87. The van der Waals surface area contributed by atoms with Crippen LogP contribution in [-0.4, -0.2) is 20.0 Å². The van der Waals surface area contributed by atoms with Gasteiger partial charge in [-0.1, -0.05) is 5.21 Å². The van der Waals surface area contributed by atoms with Crippen molar-refractivity contribution in [3.8, 4) is 0 Å². The lowest BCUT2D eigenvalue weighted by molar-refractivity contribution is 0.645. The van der Waals surface area contributed by atoms with Crippen LogP contribution in [0.3, 0.4) is 0 Å². The van der Waals surface area contributed by atoms with Gasteiger partial charge < -0.3 is 5.73 Å². The number of nitrogens with two attached hydrogens (primary N) is 1. The van der Waals surface area contributed by atoms with Gasteiger partial charge >= 0.3 is 0 Å². The van der Waals surface area contributed by atoms with E-state index in [0.717, 1.165) is 16.4 Å². The molecule has 0 aliphatic rings. The zero-order chi connectivity index (χ0) is 11.7. The lowest BCUT2D eigenvalue weighted by Crippen LogP contribution is -2.05. The Morgan fingerprint density at radius 3 is 2.75 bits per heavy atom. The molecule has 2 heterocycles. The highest BCUT2D eigenvalue weighted by Crippen LogP contribution is 2.17. The lowest BCUT2D eigenvalue weighted by atomic mass is 10.3. The highest BCUT2D eigenvalue weighted by Gasteiger charge is 2.08. The molecule has 2 rings (SSSR count). The van der Waals surface area contributed by atoms with Gasteiger partial charge in [-0.15, -0.1) is 16.4 Å². The van der Waals surface area contributed by atoms with Crippen LogP contribution in [0.4, 0.5) is 0 Å². The van der Waals surface area contributed by atoms with E-state index in [-0.39, 0.29) is 6.04 Å². The van der Waals surface area contributed by atoms with Crippen molar-refractivity contribution in [2.45, 2.75) is 33.4 Å². The summed E-state index contributed by atoms with van der Waals surface area (Å²) in [5, 5.41) is 9.08. The Balaban J connectivity index is 2.14. The first kappa shape index (κ1) is 11.2. The van der Waals surface area contributed by atoms with Gasteiger partial charge in [-0.05, 0) is 20.8 Å². The molecule has 0 amide bonds. The van der Waals surface area contributed by atoms with Crippen LogP contribution in [-0.2, 0) is 6.54 Å². The van der Waals surface area contributed by atoms with Gasteiger partial charge in [-0.2, -0.15) is 0 Å². The Labute approximate surface area is 98.3 Å². The van der Waals surface area contributed by atoms with Gasteiger partial charge in [0.15, 0.2) is 0 Å². The van der Waals surface area contributed by atoms with Crippen LogP contribution in [0, 0.1) is 13.8 Å². The smallest absolute Gasteiger partial charge is 0.115 e. The zero-order valence-corrected chi connectivity index (χ0v) is 10.5. The topological polar surface area (TPSA) is 69.6 Å². The molecule has 2 N–H and O–H groups in total. The number of aromatic nitrogens is 4. The molecule has 0 aromatic carbocycles. The fourth-order valence-electron chi connectivity index (χ4n) is 1.34. The van der Waals surface area contributed by atoms with E-state index in [4.69, 9.17) is 5.73 Å². The van der Waals surface area contributed by atoms with Crippen molar-refractivity contribution >= 4 is 11.3 Å². The van der Waals surface area contributed by atoms with Crippen molar-refractivity contribution < 1.29 is 0 Å². The molecule has 5 nitrogen and oxygen atoms in total. The van der Waals surface area contributed by atoms with E-state index in [9.17, 15) is 0 Å². The van der Waals surface area contributed by atoms with Gasteiger partial charge in [0.25, 0.3) is 0 Å². The second-order valence-corrected chi connectivity index (χ2v) is 5.17. The average molecular weight is 237 g/mol. The predicted octanol–water partition coefficient (Wildman–Crippen LogP) is 1.42. The van der Waals surface area contributed by atoms with Crippen molar-refractivity contribution in [1.82, 2.24) is 20.0 Å². The minimum atomic E-state index is -0.0754. The molecule has 0 bridgehead atoms. The number of thiazole rings is 1. The fourth-order valence-corrected chi connectivity index (χ4v) is 2.27. The van der Waals surface area contributed by atoms with Crippen LogP contribution >= 0.6 is 11.3 Å². The number of hydrogen-bond donors (Lipinski definition) is 1. The summed E-state index contributed by atoms with van der Waals surface area (Å²) in [5.74, 6) is 0. The van der Waals surface area contributed by atoms with E-state index in [1.165, 1.54) is 4.88 Å². The molecule has 0 fully saturated rings. The standard InChI is InChI=1S/C10H15N5S/c1-6(11)9-4-15(14-13-9)5-10-12-7(2)8(3)16-10/h4,6H,5,11H2,1-3H3. The molecule has 86 valence electrons. The summed E-state index contributed by atoms with van der Waals surface area (Å²) in [4.78, 5) is 5.71. The third kappa shape index (κ3) is 2.28. The lowest BCUT2D eigenvalue weighted by Gasteiger charge is -1.96. The molecule has 0 spiro atoms. The first-order chi connectivity index (χ1) is 7.56. The first-order valence-corrected chi connectivity index (χ1v) is 5.96. The van der Waals surface area contributed by atoms with Crippen molar-refractivity contribution in [3.05, 3.63) is 27.5 Å². The minimum Gasteiger partial charge on any atom is -0.323 e. The van der Waals surface area contributed by atoms with Crippen LogP contribution in [0.2, 0.25) is 0 Å². The van der Waals surface area contributed by atoms with Crippen LogP contribution in [0.5, 0.6) is 0 Å². The van der Waals surface area contributed by atoms with Crippen LogP contribution in [0.1, 0.15) is 34.2 Å². The molecule has 1 unspecified atom stereocenters. The SMILES string of the molecule is Cc1nc(Cn2cc(C(C)N)nn2)sc1C. The van der Waals surface area contributed by atoms with Gasteiger partial charge in [0.05, 0.1) is 24.1 Å². The van der Waals surface area contributed by atoms with Gasteiger partial charge in [0.2, 0.25) is 0 Å². The molecule has 1 atom stereocenters. The van der Waals surface area contributed by atoms with Gasteiger partial charge in [-0.25, -0.2) is 9.67 Å². The average Bonchev–Trinajstić information content (AvgIpc) is 2.76. The molecule has 2 aromatic rings.